The van der Waals surface area contributed by atoms with Crippen LogP contribution < -0.4 is 10.1 Å². The first-order valence-electron chi connectivity index (χ1n) is 7.39. The van der Waals surface area contributed by atoms with E-state index >= 15 is 0 Å². The SMILES string of the molecule is O=C(NCc1ccc(-n2ccnc2)nc1)c1ccccc1OC(F)F. The molecule has 6 nitrogen and oxygen atoms in total. The van der Waals surface area contributed by atoms with Crippen molar-refractivity contribution in [2.75, 3.05) is 0 Å². The normalized spacial score (nSPS) is 10.7. The van der Waals surface area contributed by atoms with Crippen LogP contribution in [0.1, 0.15) is 15.9 Å². The molecule has 3 aromatic rings. The summed E-state index contributed by atoms with van der Waals surface area (Å²) in [5, 5.41) is 2.66. The van der Waals surface area contributed by atoms with E-state index < -0.39 is 12.5 Å². The van der Waals surface area contributed by atoms with E-state index in [1.54, 1.807) is 41.6 Å². The minimum atomic E-state index is -2.99. The summed E-state index contributed by atoms with van der Waals surface area (Å²) in [7, 11) is 0. The number of alkyl halides is 2. The number of rotatable bonds is 6. The van der Waals surface area contributed by atoms with E-state index in [0.717, 1.165) is 5.56 Å². The Balaban J connectivity index is 1.65. The average Bonchev–Trinajstić information content (AvgIpc) is 3.15. The van der Waals surface area contributed by atoms with Gasteiger partial charge in [0.2, 0.25) is 0 Å². The summed E-state index contributed by atoms with van der Waals surface area (Å²) in [5.41, 5.74) is 0.815. The van der Waals surface area contributed by atoms with E-state index in [1.165, 1.54) is 18.2 Å². The van der Waals surface area contributed by atoms with Gasteiger partial charge in [-0.05, 0) is 23.8 Å². The van der Waals surface area contributed by atoms with Crippen molar-refractivity contribution in [2.24, 2.45) is 0 Å². The van der Waals surface area contributed by atoms with Crippen LogP contribution in [-0.4, -0.2) is 27.1 Å². The first kappa shape index (κ1) is 16.6. The Morgan fingerprint density at radius 1 is 1.24 bits per heavy atom. The zero-order valence-corrected chi connectivity index (χ0v) is 13.0. The van der Waals surface area contributed by atoms with Gasteiger partial charge in [0, 0.05) is 25.1 Å². The number of hydrogen-bond acceptors (Lipinski definition) is 4. The lowest BCUT2D eigenvalue weighted by Crippen LogP contribution is -2.24. The number of hydrogen-bond donors (Lipinski definition) is 1. The zero-order valence-electron chi connectivity index (χ0n) is 13.0. The van der Waals surface area contributed by atoms with E-state index in [-0.39, 0.29) is 17.9 Å². The fraction of sp³-hybridized carbons (Fsp3) is 0.118. The monoisotopic (exact) mass is 344 g/mol. The Labute approximate surface area is 142 Å². The maximum absolute atomic E-state index is 12.4. The number of pyridine rings is 1. The maximum Gasteiger partial charge on any atom is 0.387 e. The molecule has 0 radical (unpaired) electrons. The minimum Gasteiger partial charge on any atom is -0.434 e. The third-order valence-electron chi connectivity index (χ3n) is 3.38. The molecule has 8 heteroatoms. The molecule has 25 heavy (non-hydrogen) atoms. The number of carbonyl (C=O) groups excluding carboxylic acids is 1. The number of para-hydroxylation sites is 1. The van der Waals surface area contributed by atoms with Gasteiger partial charge in [-0.15, -0.1) is 0 Å². The molecule has 0 saturated carbocycles. The first-order valence-corrected chi connectivity index (χ1v) is 7.39. The van der Waals surface area contributed by atoms with Crippen molar-refractivity contribution in [3.63, 3.8) is 0 Å². The van der Waals surface area contributed by atoms with Crippen LogP contribution in [0.5, 0.6) is 5.75 Å². The molecule has 2 aromatic heterocycles. The van der Waals surface area contributed by atoms with Gasteiger partial charge in [-0.1, -0.05) is 18.2 Å². The lowest BCUT2D eigenvalue weighted by Gasteiger charge is -2.11. The Hall–Kier alpha value is -3.29. The van der Waals surface area contributed by atoms with Gasteiger partial charge < -0.3 is 10.1 Å². The molecule has 0 atom stereocenters. The summed E-state index contributed by atoms with van der Waals surface area (Å²) < 4.78 is 30.9. The highest BCUT2D eigenvalue weighted by molar-refractivity contribution is 5.96. The van der Waals surface area contributed by atoms with Crippen LogP contribution in [0.25, 0.3) is 5.82 Å². The van der Waals surface area contributed by atoms with Crippen LogP contribution in [0.2, 0.25) is 0 Å². The van der Waals surface area contributed by atoms with Gasteiger partial charge in [-0.25, -0.2) is 9.97 Å². The molecule has 0 unspecified atom stereocenters. The van der Waals surface area contributed by atoms with Crippen molar-refractivity contribution < 1.29 is 18.3 Å². The second-order valence-corrected chi connectivity index (χ2v) is 5.05. The van der Waals surface area contributed by atoms with Crippen molar-refractivity contribution >= 4 is 5.91 Å². The predicted octanol–water partition coefficient (Wildman–Crippen LogP) is 2.80. The Morgan fingerprint density at radius 2 is 2.08 bits per heavy atom. The van der Waals surface area contributed by atoms with Crippen LogP contribution in [0.4, 0.5) is 8.78 Å². The standard InChI is InChI=1S/C17H14F2N4O2/c18-17(19)25-14-4-2-1-3-13(14)16(24)22-10-12-5-6-15(21-9-12)23-8-7-20-11-23/h1-9,11,17H,10H2,(H,22,24). The number of carbonyl (C=O) groups is 1. The molecule has 0 aliphatic carbocycles. The maximum atomic E-state index is 12.4. The molecular formula is C17H14F2N4O2. The number of halogens is 2. The first-order chi connectivity index (χ1) is 12.1. The van der Waals surface area contributed by atoms with Crippen LogP contribution in [0.3, 0.4) is 0 Å². The number of amides is 1. The number of nitrogens with zero attached hydrogens (tertiary/aromatic N) is 3. The molecular weight excluding hydrogens is 330 g/mol. The van der Waals surface area contributed by atoms with E-state index in [9.17, 15) is 13.6 Å². The van der Waals surface area contributed by atoms with Crippen LogP contribution >= 0.6 is 0 Å². The molecule has 3 rings (SSSR count). The van der Waals surface area contributed by atoms with Crippen LogP contribution in [-0.2, 0) is 6.54 Å². The minimum absolute atomic E-state index is 0.0470. The van der Waals surface area contributed by atoms with E-state index in [0.29, 0.717) is 5.82 Å². The summed E-state index contributed by atoms with van der Waals surface area (Å²) in [6, 6.07) is 9.44. The largest absolute Gasteiger partial charge is 0.434 e. The summed E-state index contributed by atoms with van der Waals surface area (Å²) in [6.07, 6.45) is 6.67. The van der Waals surface area contributed by atoms with Gasteiger partial charge in [-0.2, -0.15) is 8.78 Å². The second-order valence-electron chi connectivity index (χ2n) is 5.05. The quantitative estimate of drug-likeness (QED) is 0.747. The smallest absolute Gasteiger partial charge is 0.387 e. The van der Waals surface area contributed by atoms with Crippen molar-refractivity contribution in [3.8, 4) is 11.6 Å². The summed E-state index contributed by atoms with van der Waals surface area (Å²) >= 11 is 0. The highest BCUT2D eigenvalue weighted by Gasteiger charge is 2.15. The molecule has 1 N–H and O–H groups in total. The van der Waals surface area contributed by atoms with Crippen molar-refractivity contribution in [2.45, 2.75) is 13.2 Å². The third-order valence-corrected chi connectivity index (χ3v) is 3.38. The Bertz CT molecular complexity index is 836. The Kier molecular flexibility index (Phi) is 4.98. The van der Waals surface area contributed by atoms with Crippen molar-refractivity contribution in [1.82, 2.24) is 19.9 Å². The molecule has 0 bridgehead atoms. The number of imidazole rings is 1. The fourth-order valence-corrected chi connectivity index (χ4v) is 2.20. The average molecular weight is 344 g/mol. The van der Waals surface area contributed by atoms with Crippen LogP contribution in [0, 0.1) is 0 Å². The Morgan fingerprint density at radius 3 is 2.76 bits per heavy atom. The lowest BCUT2D eigenvalue weighted by atomic mass is 10.2. The molecule has 128 valence electrons. The van der Waals surface area contributed by atoms with Crippen LogP contribution in [0.15, 0.2) is 61.3 Å². The van der Waals surface area contributed by atoms with Gasteiger partial charge in [0.25, 0.3) is 5.91 Å². The molecule has 0 spiro atoms. The number of nitrogens with one attached hydrogen (secondary N) is 1. The van der Waals surface area contributed by atoms with Crippen molar-refractivity contribution in [1.29, 1.82) is 0 Å². The number of ether oxygens (including phenoxy) is 1. The van der Waals surface area contributed by atoms with Gasteiger partial charge >= 0.3 is 6.61 Å². The molecule has 0 aliphatic heterocycles. The summed E-state index contributed by atoms with van der Waals surface area (Å²) in [5.74, 6) is 0.0294. The van der Waals surface area contributed by atoms with Gasteiger partial charge in [-0.3, -0.25) is 9.36 Å². The number of aromatic nitrogens is 3. The third kappa shape index (κ3) is 4.17. The number of benzene rings is 1. The molecule has 0 aliphatic rings. The highest BCUT2D eigenvalue weighted by atomic mass is 19.3. The topological polar surface area (TPSA) is 69.0 Å². The zero-order chi connectivity index (χ0) is 17.6. The highest BCUT2D eigenvalue weighted by Crippen LogP contribution is 2.20. The fourth-order valence-electron chi connectivity index (χ4n) is 2.20. The molecule has 0 fully saturated rings. The summed E-state index contributed by atoms with van der Waals surface area (Å²) in [4.78, 5) is 20.4. The van der Waals surface area contributed by atoms with E-state index in [2.05, 4.69) is 20.0 Å². The van der Waals surface area contributed by atoms with Gasteiger partial charge in [0.15, 0.2) is 0 Å². The summed E-state index contributed by atoms with van der Waals surface area (Å²) in [6.45, 7) is -2.78. The molecule has 0 saturated heterocycles. The van der Waals surface area contributed by atoms with E-state index in [1.807, 2.05) is 6.07 Å². The lowest BCUT2D eigenvalue weighted by molar-refractivity contribution is -0.0501. The second kappa shape index (κ2) is 7.52. The molecule has 1 aromatic carbocycles. The van der Waals surface area contributed by atoms with Crippen molar-refractivity contribution in [3.05, 3.63) is 72.4 Å². The van der Waals surface area contributed by atoms with Gasteiger partial charge in [0.1, 0.15) is 17.9 Å². The predicted molar refractivity (Wildman–Crippen MR) is 85.6 cm³/mol. The molecule has 1 amide bonds. The van der Waals surface area contributed by atoms with Gasteiger partial charge in [0.05, 0.1) is 5.56 Å². The van der Waals surface area contributed by atoms with E-state index in [4.69, 9.17) is 0 Å². The molecule has 2 heterocycles.